The molecule has 4 heteroatoms. The quantitative estimate of drug-likeness (QED) is 0.739. The Morgan fingerprint density at radius 2 is 1.82 bits per heavy atom. The molecule has 0 aromatic carbocycles. The first-order chi connectivity index (χ1) is 8.31. The van der Waals surface area contributed by atoms with Gasteiger partial charge in [-0.05, 0) is 38.8 Å². The topological polar surface area (TPSA) is 47.3 Å². The van der Waals surface area contributed by atoms with Gasteiger partial charge in [0, 0.05) is 32.0 Å². The first-order valence-electron chi connectivity index (χ1n) is 6.69. The molecule has 2 aliphatic rings. The van der Waals surface area contributed by atoms with Crippen molar-refractivity contribution in [3.05, 3.63) is 0 Å². The molecule has 0 aliphatic carbocycles. The molecule has 94 valence electrons. The molecule has 2 saturated heterocycles. The van der Waals surface area contributed by atoms with Gasteiger partial charge in [-0.2, -0.15) is 5.26 Å². The largest absolute Gasteiger partial charge is 0.342 e. The van der Waals surface area contributed by atoms with Crippen molar-refractivity contribution >= 4 is 5.91 Å². The third-order valence-electron chi connectivity index (χ3n) is 3.89. The number of amides is 1. The van der Waals surface area contributed by atoms with Gasteiger partial charge in [0.25, 0.3) is 0 Å². The summed E-state index contributed by atoms with van der Waals surface area (Å²) < 4.78 is 0. The minimum absolute atomic E-state index is 0.242. The first kappa shape index (κ1) is 12.4. The Labute approximate surface area is 103 Å². The van der Waals surface area contributed by atoms with E-state index in [1.54, 1.807) is 0 Å². The number of nitrogens with zero attached hydrogens (tertiary/aromatic N) is 3. The van der Waals surface area contributed by atoms with Gasteiger partial charge in [-0.3, -0.25) is 4.79 Å². The van der Waals surface area contributed by atoms with Crippen molar-refractivity contribution in [3.63, 3.8) is 0 Å². The first-order valence-corrected chi connectivity index (χ1v) is 6.69. The second-order valence-corrected chi connectivity index (χ2v) is 5.06. The number of hydrogen-bond acceptors (Lipinski definition) is 3. The van der Waals surface area contributed by atoms with Crippen LogP contribution in [0.3, 0.4) is 0 Å². The van der Waals surface area contributed by atoms with Crippen molar-refractivity contribution < 1.29 is 4.79 Å². The van der Waals surface area contributed by atoms with Crippen LogP contribution in [-0.2, 0) is 4.79 Å². The van der Waals surface area contributed by atoms with E-state index in [1.165, 1.54) is 12.8 Å². The second kappa shape index (κ2) is 6.02. The molecular weight excluding hydrogens is 214 g/mol. The number of likely N-dealkylation sites (tertiary alicyclic amines) is 2. The van der Waals surface area contributed by atoms with Gasteiger partial charge in [-0.25, -0.2) is 0 Å². The number of hydrogen-bond donors (Lipinski definition) is 0. The van der Waals surface area contributed by atoms with Crippen LogP contribution in [-0.4, -0.2) is 48.4 Å². The predicted octanol–water partition coefficient (Wildman–Crippen LogP) is 1.23. The van der Waals surface area contributed by atoms with Crippen LogP contribution in [0.4, 0.5) is 0 Å². The van der Waals surface area contributed by atoms with Crippen molar-refractivity contribution in [1.82, 2.24) is 9.80 Å². The van der Waals surface area contributed by atoms with E-state index in [0.717, 1.165) is 45.6 Å². The fourth-order valence-corrected chi connectivity index (χ4v) is 2.81. The molecular formula is C13H21N3O. The van der Waals surface area contributed by atoms with Crippen molar-refractivity contribution in [1.29, 1.82) is 5.26 Å². The Bertz CT molecular complexity index is 296. The minimum Gasteiger partial charge on any atom is -0.342 e. The summed E-state index contributed by atoms with van der Waals surface area (Å²) in [6, 6.07) is 2.18. The average Bonchev–Trinajstić information content (AvgIpc) is 2.90. The molecule has 0 saturated carbocycles. The average molecular weight is 235 g/mol. The van der Waals surface area contributed by atoms with Gasteiger partial charge in [0.05, 0.1) is 6.07 Å². The van der Waals surface area contributed by atoms with Crippen LogP contribution in [0.1, 0.15) is 32.1 Å². The predicted molar refractivity (Wildman–Crippen MR) is 65.2 cm³/mol. The zero-order chi connectivity index (χ0) is 12.1. The van der Waals surface area contributed by atoms with E-state index in [9.17, 15) is 4.79 Å². The Morgan fingerprint density at radius 1 is 1.18 bits per heavy atom. The van der Waals surface area contributed by atoms with Gasteiger partial charge in [-0.15, -0.1) is 0 Å². The third-order valence-corrected chi connectivity index (χ3v) is 3.89. The normalized spacial score (nSPS) is 22.6. The van der Waals surface area contributed by atoms with Gasteiger partial charge in [0.2, 0.25) is 5.91 Å². The molecule has 0 atom stereocenters. The van der Waals surface area contributed by atoms with Gasteiger partial charge >= 0.3 is 0 Å². The summed E-state index contributed by atoms with van der Waals surface area (Å²) >= 11 is 0. The van der Waals surface area contributed by atoms with Crippen LogP contribution in [0.15, 0.2) is 0 Å². The van der Waals surface area contributed by atoms with Gasteiger partial charge < -0.3 is 9.80 Å². The summed E-state index contributed by atoms with van der Waals surface area (Å²) in [6.07, 6.45) is 4.89. The molecule has 0 spiro atoms. The lowest BCUT2D eigenvalue weighted by molar-refractivity contribution is -0.135. The lowest BCUT2D eigenvalue weighted by Crippen LogP contribution is -2.41. The molecule has 1 amide bonds. The van der Waals surface area contributed by atoms with Crippen LogP contribution in [0.25, 0.3) is 0 Å². The van der Waals surface area contributed by atoms with Crippen molar-refractivity contribution in [2.24, 2.45) is 5.92 Å². The number of piperidine rings is 1. The summed E-state index contributed by atoms with van der Waals surface area (Å²) in [6.45, 7) is 4.75. The summed E-state index contributed by atoms with van der Waals surface area (Å²) in [5.41, 5.74) is 0. The smallest absolute Gasteiger partial charge is 0.225 e. The second-order valence-electron chi connectivity index (χ2n) is 5.06. The lowest BCUT2D eigenvalue weighted by atomic mass is 9.95. The molecule has 0 bridgehead atoms. The molecule has 17 heavy (non-hydrogen) atoms. The number of nitriles is 1. The van der Waals surface area contributed by atoms with Crippen molar-refractivity contribution in [3.8, 4) is 6.07 Å². The minimum atomic E-state index is 0.242. The van der Waals surface area contributed by atoms with Crippen molar-refractivity contribution in [2.45, 2.75) is 32.1 Å². The highest BCUT2D eigenvalue weighted by Gasteiger charge is 2.29. The SMILES string of the molecule is N#CCCN1CCC(C(=O)N2CCCC2)CC1. The molecule has 0 aromatic rings. The van der Waals surface area contributed by atoms with E-state index in [2.05, 4.69) is 11.0 Å². The van der Waals surface area contributed by atoms with E-state index in [-0.39, 0.29) is 5.92 Å². The fourth-order valence-electron chi connectivity index (χ4n) is 2.81. The van der Waals surface area contributed by atoms with E-state index in [4.69, 9.17) is 5.26 Å². The maximum absolute atomic E-state index is 12.2. The van der Waals surface area contributed by atoms with Gasteiger partial charge in [-0.1, -0.05) is 0 Å². The summed E-state index contributed by atoms with van der Waals surface area (Å²) in [7, 11) is 0. The highest BCUT2D eigenvalue weighted by molar-refractivity contribution is 5.79. The van der Waals surface area contributed by atoms with E-state index < -0.39 is 0 Å². The number of carbonyl (C=O) groups is 1. The third kappa shape index (κ3) is 3.19. The van der Waals surface area contributed by atoms with Crippen LogP contribution in [0, 0.1) is 17.2 Å². The molecule has 2 aliphatic heterocycles. The zero-order valence-electron chi connectivity index (χ0n) is 10.4. The fraction of sp³-hybridized carbons (Fsp3) is 0.846. The lowest BCUT2D eigenvalue weighted by Gasteiger charge is -2.32. The van der Waals surface area contributed by atoms with Gasteiger partial charge in [0.15, 0.2) is 0 Å². The van der Waals surface area contributed by atoms with Gasteiger partial charge in [0.1, 0.15) is 0 Å². The molecule has 0 aromatic heterocycles. The van der Waals surface area contributed by atoms with Crippen LogP contribution >= 0.6 is 0 Å². The standard InChI is InChI=1S/C13H21N3O/c14-6-3-7-15-10-4-12(5-11-15)13(17)16-8-1-2-9-16/h12H,1-5,7-11H2. The monoisotopic (exact) mass is 235 g/mol. The maximum Gasteiger partial charge on any atom is 0.225 e. The number of carbonyl (C=O) groups excluding carboxylic acids is 1. The molecule has 4 nitrogen and oxygen atoms in total. The molecule has 2 rings (SSSR count). The van der Waals surface area contributed by atoms with Crippen LogP contribution < -0.4 is 0 Å². The van der Waals surface area contributed by atoms with Crippen molar-refractivity contribution in [2.75, 3.05) is 32.7 Å². The molecule has 2 fully saturated rings. The molecule has 0 N–H and O–H groups in total. The molecule has 0 radical (unpaired) electrons. The van der Waals surface area contributed by atoms with Crippen LogP contribution in [0.5, 0.6) is 0 Å². The Kier molecular flexibility index (Phi) is 4.38. The molecule has 2 heterocycles. The Hall–Kier alpha value is -1.08. The molecule has 0 unspecified atom stereocenters. The van der Waals surface area contributed by atoms with E-state index in [1.807, 2.05) is 4.90 Å². The Morgan fingerprint density at radius 3 is 2.41 bits per heavy atom. The highest BCUT2D eigenvalue weighted by atomic mass is 16.2. The summed E-state index contributed by atoms with van der Waals surface area (Å²) in [5.74, 6) is 0.619. The maximum atomic E-state index is 12.2. The van der Waals surface area contributed by atoms with Crippen LogP contribution in [0.2, 0.25) is 0 Å². The van der Waals surface area contributed by atoms with E-state index in [0.29, 0.717) is 12.3 Å². The highest BCUT2D eigenvalue weighted by Crippen LogP contribution is 2.21. The summed E-state index contributed by atoms with van der Waals surface area (Å²) in [4.78, 5) is 16.5. The Balaban J connectivity index is 1.74. The number of rotatable bonds is 3. The zero-order valence-corrected chi connectivity index (χ0v) is 10.4. The summed E-state index contributed by atoms with van der Waals surface area (Å²) in [5, 5.41) is 8.54. The van der Waals surface area contributed by atoms with E-state index >= 15 is 0 Å².